The molecule has 0 spiro atoms. The van der Waals surface area contributed by atoms with Crippen molar-refractivity contribution in [3.8, 4) is 5.75 Å². The Balaban J connectivity index is 1.81. The largest absolute Gasteiger partial charge is 0.508 e. The van der Waals surface area contributed by atoms with Gasteiger partial charge < -0.3 is 5.11 Å². The highest BCUT2D eigenvalue weighted by atomic mass is 79.9. The summed E-state index contributed by atoms with van der Waals surface area (Å²) in [6.07, 6.45) is 2.11. The van der Waals surface area contributed by atoms with Crippen molar-refractivity contribution >= 4 is 15.9 Å². The van der Waals surface area contributed by atoms with E-state index in [1.54, 1.807) is 6.07 Å². The van der Waals surface area contributed by atoms with Crippen LogP contribution in [0.25, 0.3) is 0 Å². The Labute approximate surface area is 116 Å². The number of phenolic OH excluding ortho intramolecular Hbond substituents is 1. The van der Waals surface area contributed by atoms with E-state index in [4.69, 9.17) is 0 Å². The average Bonchev–Trinajstić information content (AvgIpc) is 2.67. The minimum absolute atomic E-state index is 0.356. The first-order valence-electron chi connectivity index (χ1n) is 6.24. The van der Waals surface area contributed by atoms with Crippen molar-refractivity contribution in [1.82, 2.24) is 0 Å². The molecular formula is C16H15BrO. The van der Waals surface area contributed by atoms with E-state index in [9.17, 15) is 5.11 Å². The van der Waals surface area contributed by atoms with E-state index in [1.165, 1.54) is 16.7 Å². The molecule has 0 saturated heterocycles. The van der Waals surface area contributed by atoms with Crippen LogP contribution in [0.3, 0.4) is 0 Å². The molecule has 2 aromatic rings. The summed E-state index contributed by atoms with van der Waals surface area (Å²) >= 11 is 3.82. The van der Waals surface area contributed by atoms with Crippen molar-refractivity contribution in [2.45, 2.75) is 17.7 Å². The van der Waals surface area contributed by atoms with Crippen LogP contribution < -0.4 is 0 Å². The molecule has 18 heavy (non-hydrogen) atoms. The number of phenols is 1. The topological polar surface area (TPSA) is 20.2 Å². The van der Waals surface area contributed by atoms with Crippen molar-refractivity contribution < 1.29 is 5.11 Å². The first-order valence-corrected chi connectivity index (χ1v) is 7.15. The zero-order valence-electron chi connectivity index (χ0n) is 10.0. The molecule has 1 aliphatic rings. The third kappa shape index (κ3) is 2.17. The predicted molar refractivity (Wildman–Crippen MR) is 77.1 cm³/mol. The summed E-state index contributed by atoms with van der Waals surface area (Å²) in [6, 6.07) is 16.2. The van der Waals surface area contributed by atoms with Gasteiger partial charge in [0, 0.05) is 4.83 Å². The lowest BCUT2D eigenvalue weighted by atomic mass is 9.96. The Bertz CT molecular complexity index is 565. The highest BCUT2D eigenvalue weighted by Crippen LogP contribution is 2.43. The second-order valence-electron chi connectivity index (χ2n) is 4.94. The molecule has 1 N–H and O–H groups in total. The van der Waals surface area contributed by atoms with E-state index in [2.05, 4.69) is 46.3 Å². The van der Waals surface area contributed by atoms with Crippen LogP contribution in [0.1, 0.15) is 21.5 Å². The average molecular weight is 303 g/mol. The molecule has 0 aliphatic heterocycles. The molecule has 1 aliphatic carbocycles. The van der Waals surface area contributed by atoms with Gasteiger partial charge in [-0.25, -0.2) is 0 Å². The van der Waals surface area contributed by atoms with Gasteiger partial charge in [-0.3, -0.25) is 0 Å². The molecular weight excluding hydrogens is 288 g/mol. The van der Waals surface area contributed by atoms with Crippen molar-refractivity contribution in [3.63, 3.8) is 0 Å². The van der Waals surface area contributed by atoms with E-state index in [1.807, 2.05) is 12.1 Å². The lowest BCUT2D eigenvalue weighted by Gasteiger charge is -2.14. The highest BCUT2D eigenvalue weighted by molar-refractivity contribution is 9.09. The molecule has 92 valence electrons. The minimum Gasteiger partial charge on any atom is -0.508 e. The first-order chi connectivity index (χ1) is 8.74. The summed E-state index contributed by atoms with van der Waals surface area (Å²) in [5.74, 6) is 0.929. The van der Waals surface area contributed by atoms with E-state index >= 15 is 0 Å². The van der Waals surface area contributed by atoms with Gasteiger partial charge in [0.15, 0.2) is 0 Å². The molecule has 2 atom stereocenters. The molecule has 0 heterocycles. The van der Waals surface area contributed by atoms with Crippen molar-refractivity contribution in [3.05, 3.63) is 65.2 Å². The maximum absolute atomic E-state index is 9.51. The van der Waals surface area contributed by atoms with E-state index < -0.39 is 0 Å². The van der Waals surface area contributed by atoms with Crippen LogP contribution in [0, 0.1) is 5.92 Å². The maximum Gasteiger partial charge on any atom is 0.115 e. The lowest BCUT2D eigenvalue weighted by molar-refractivity contribution is 0.473. The van der Waals surface area contributed by atoms with Gasteiger partial charge in [0.25, 0.3) is 0 Å². The summed E-state index contributed by atoms with van der Waals surface area (Å²) in [5, 5.41) is 9.51. The molecule has 0 bridgehead atoms. The molecule has 0 amide bonds. The van der Waals surface area contributed by atoms with Gasteiger partial charge >= 0.3 is 0 Å². The van der Waals surface area contributed by atoms with E-state index in [0.29, 0.717) is 16.5 Å². The number of fused-ring (bicyclic) bond motifs is 1. The number of hydrogen-bond acceptors (Lipinski definition) is 1. The van der Waals surface area contributed by atoms with Crippen LogP contribution in [-0.2, 0) is 12.8 Å². The van der Waals surface area contributed by atoms with E-state index in [-0.39, 0.29) is 0 Å². The molecule has 1 nitrogen and oxygen atoms in total. The third-order valence-corrected chi connectivity index (χ3v) is 4.90. The Morgan fingerprint density at radius 1 is 1.11 bits per heavy atom. The van der Waals surface area contributed by atoms with Crippen LogP contribution in [-0.4, -0.2) is 5.11 Å². The van der Waals surface area contributed by atoms with Crippen LogP contribution in [0.15, 0.2) is 48.5 Å². The molecule has 0 saturated carbocycles. The summed E-state index contributed by atoms with van der Waals surface area (Å²) in [5.41, 5.74) is 4.07. The van der Waals surface area contributed by atoms with Gasteiger partial charge in [-0.15, -0.1) is 0 Å². The summed E-state index contributed by atoms with van der Waals surface area (Å²) in [4.78, 5) is 0.427. The smallest absolute Gasteiger partial charge is 0.115 e. The molecule has 2 aromatic carbocycles. The fourth-order valence-corrected chi connectivity index (χ4v) is 3.61. The van der Waals surface area contributed by atoms with Gasteiger partial charge in [0.1, 0.15) is 5.75 Å². The molecule has 0 fully saturated rings. The second-order valence-corrected chi connectivity index (χ2v) is 5.93. The van der Waals surface area contributed by atoms with E-state index in [0.717, 1.165) is 12.8 Å². The maximum atomic E-state index is 9.51. The van der Waals surface area contributed by atoms with Crippen LogP contribution in [0.4, 0.5) is 0 Å². The molecule has 3 rings (SSSR count). The molecule has 0 radical (unpaired) electrons. The summed E-state index contributed by atoms with van der Waals surface area (Å²) in [6.45, 7) is 0. The summed E-state index contributed by atoms with van der Waals surface area (Å²) in [7, 11) is 0. The fourth-order valence-electron chi connectivity index (χ4n) is 2.79. The standard InChI is InChI=1S/C16H15BrO/c17-16-13(8-11-4-3-6-14(18)9-11)10-12-5-1-2-7-15(12)16/h1-7,9,13,16,18H,8,10H2. The van der Waals surface area contributed by atoms with Gasteiger partial charge in [-0.2, -0.15) is 0 Å². The van der Waals surface area contributed by atoms with Crippen LogP contribution in [0.5, 0.6) is 5.75 Å². The van der Waals surface area contributed by atoms with Crippen LogP contribution >= 0.6 is 15.9 Å². The zero-order chi connectivity index (χ0) is 12.5. The normalized spacial score (nSPS) is 21.8. The predicted octanol–water partition coefficient (Wildman–Crippen LogP) is 4.24. The number of halogens is 1. The molecule has 2 heteroatoms. The lowest BCUT2D eigenvalue weighted by Crippen LogP contribution is -2.06. The Morgan fingerprint density at radius 3 is 2.72 bits per heavy atom. The number of alkyl halides is 1. The fraction of sp³-hybridized carbons (Fsp3) is 0.250. The Hall–Kier alpha value is -1.28. The van der Waals surface area contributed by atoms with Crippen molar-refractivity contribution in [1.29, 1.82) is 0 Å². The first kappa shape index (κ1) is 11.8. The SMILES string of the molecule is Oc1cccc(CC2Cc3ccccc3C2Br)c1. The van der Waals surface area contributed by atoms with Crippen molar-refractivity contribution in [2.24, 2.45) is 5.92 Å². The van der Waals surface area contributed by atoms with Gasteiger partial charge in [0.05, 0.1) is 0 Å². The number of hydrogen-bond donors (Lipinski definition) is 1. The highest BCUT2D eigenvalue weighted by Gasteiger charge is 2.29. The second kappa shape index (κ2) is 4.77. The monoisotopic (exact) mass is 302 g/mol. The van der Waals surface area contributed by atoms with Gasteiger partial charge in [0.2, 0.25) is 0 Å². The number of benzene rings is 2. The van der Waals surface area contributed by atoms with Gasteiger partial charge in [-0.05, 0) is 47.6 Å². The quantitative estimate of drug-likeness (QED) is 0.823. The molecule has 0 aromatic heterocycles. The number of rotatable bonds is 2. The van der Waals surface area contributed by atoms with Crippen LogP contribution in [0.2, 0.25) is 0 Å². The third-order valence-electron chi connectivity index (χ3n) is 3.66. The number of aromatic hydroxyl groups is 1. The summed E-state index contributed by atoms with van der Waals surface area (Å²) < 4.78 is 0. The minimum atomic E-state index is 0.356. The Morgan fingerprint density at radius 2 is 1.94 bits per heavy atom. The van der Waals surface area contributed by atoms with Crippen molar-refractivity contribution in [2.75, 3.05) is 0 Å². The van der Waals surface area contributed by atoms with Gasteiger partial charge in [-0.1, -0.05) is 52.3 Å². The zero-order valence-corrected chi connectivity index (χ0v) is 11.6. The molecule has 2 unspecified atom stereocenters. The Kier molecular flexibility index (Phi) is 3.13.